The van der Waals surface area contributed by atoms with Crippen LogP contribution in [0.1, 0.15) is 34.8 Å². The van der Waals surface area contributed by atoms with E-state index < -0.39 is 5.97 Å². The van der Waals surface area contributed by atoms with E-state index in [1.807, 2.05) is 60.7 Å². The Labute approximate surface area is 261 Å². The zero-order valence-electron chi connectivity index (χ0n) is 24.4. The number of carboxylic acid groups (broad SMARTS) is 1. The molecular formula is C37H33FO5S. The fourth-order valence-electron chi connectivity index (χ4n) is 4.56. The molecule has 0 aromatic heterocycles. The average molecular weight is 609 g/mol. The molecule has 0 aliphatic heterocycles. The summed E-state index contributed by atoms with van der Waals surface area (Å²) in [6, 6.07) is 35.0. The third-order valence-corrected chi connectivity index (χ3v) is 7.93. The molecule has 7 heteroatoms. The Hall–Kier alpha value is -4.75. The van der Waals surface area contributed by atoms with Crippen molar-refractivity contribution in [2.45, 2.75) is 36.2 Å². The fraction of sp³-hybridized carbons (Fsp3) is 0.162. The van der Waals surface area contributed by atoms with Crippen molar-refractivity contribution in [1.82, 2.24) is 0 Å². The standard InChI is InChI=1S/C37H33FO5S/c1-2-27-23-34(28-9-13-30(38)14-10-28)36(43-25-26-7-4-3-5-8-26)24-35(27)42-22-6-21-41-31-15-19-33(20-16-31)44-32-17-11-29(12-18-32)37(39)40/h3-5,7-20,23-24H,2,6,21-22,25H2,1H3,(H,39,40). The second-order valence-corrected chi connectivity index (χ2v) is 11.2. The van der Waals surface area contributed by atoms with Gasteiger partial charge in [0.25, 0.3) is 0 Å². The lowest BCUT2D eigenvalue weighted by Gasteiger charge is -2.18. The molecule has 5 rings (SSSR count). The number of rotatable bonds is 14. The van der Waals surface area contributed by atoms with E-state index in [-0.39, 0.29) is 11.4 Å². The minimum absolute atomic E-state index is 0.270. The summed E-state index contributed by atoms with van der Waals surface area (Å²) in [6.07, 6.45) is 1.46. The van der Waals surface area contributed by atoms with Crippen molar-refractivity contribution in [3.63, 3.8) is 0 Å². The lowest BCUT2D eigenvalue weighted by molar-refractivity contribution is 0.0696. The van der Waals surface area contributed by atoms with Crippen molar-refractivity contribution < 1.29 is 28.5 Å². The lowest BCUT2D eigenvalue weighted by Crippen LogP contribution is -2.07. The topological polar surface area (TPSA) is 65.0 Å². The summed E-state index contributed by atoms with van der Waals surface area (Å²) in [5.74, 6) is 0.999. The molecule has 0 aliphatic carbocycles. The summed E-state index contributed by atoms with van der Waals surface area (Å²) in [6.45, 7) is 3.45. The molecule has 0 atom stereocenters. The number of hydrogen-bond acceptors (Lipinski definition) is 5. The Morgan fingerprint density at radius 2 is 1.41 bits per heavy atom. The van der Waals surface area contributed by atoms with Crippen molar-refractivity contribution in [2.75, 3.05) is 13.2 Å². The monoisotopic (exact) mass is 608 g/mol. The first kappa shape index (κ1) is 30.7. The average Bonchev–Trinajstić information content (AvgIpc) is 3.05. The van der Waals surface area contributed by atoms with Crippen LogP contribution in [0.5, 0.6) is 17.2 Å². The predicted octanol–water partition coefficient (Wildman–Crippen LogP) is 9.33. The first-order chi connectivity index (χ1) is 21.5. The van der Waals surface area contributed by atoms with Gasteiger partial charge < -0.3 is 19.3 Å². The molecule has 224 valence electrons. The van der Waals surface area contributed by atoms with Crippen LogP contribution in [-0.2, 0) is 13.0 Å². The maximum Gasteiger partial charge on any atom is 0.335 e. The number of carboxylic acids is 1. The zero-order valence-corrected chi connectivity index (χ0v) is 25.2. The molecule has 0 fully saturated rings. The van der Waals surface area contributed by atoms with Gasteiger partial charge in [0.15, 0.2) is 0 Å². The lowest BCUT2D eigenvalue weighted by atomic mass is 10.00. The summed E-state index contributed by atoms with van der Waals surface area (Å²) < 4.78 is 32.1. The summed E-state index contributed by atoms with van der Waals surface area (Å²) >= 11 is 1.56. The smallest absolute Gasteiger partial charge is 0.335 e. The Bertz CT molecular complexity index is 1650. The van der Waals surface area contributed by atoms with Gasteiger partial charge in [-0.25, -0.2) is 9.18 Å². The minimum Gasteiger partial charge on any atom is -0.493 e. The Morgan fingerprint density at radius 3 is 2.07 bits per heavy atom. The molecule has 0 radical (unpaired) electrons. The number of aromatic carboxylic acids is 1. The van der Waals surface area contributed by atoms with Crippen LogP contribution < -0.4 is 14.2 Å². The first-order valence-electron chi connectivity index (χ1n) is 14.4. The molecule has 44 heavy (non-hydrogen) atoms. The van der Waals surface area contributed by atoms with Crippen LogP contribution in [0.2, 0.25) is 0 Å². The Morgan fingerprint density at radius 1 is 0.750 bits per heavy atom. The molecule has 0 spiro atoms. The van der Waals surface area contributed by atoms with Gasteiger partial charge in [-0.2, -0.15) is 0 Å². The minimum atomic E-state index is -0.934. The van der Waals surface area contributed by atoms with Crippen LogP contribution in [0.4, 0.5) is 4.39 Å². The van der Waals surface area contributed by atoms with Gasteiger partial charge in [-0.1, -0.05) is 61.2 Å². The number of ether oxygens (including phenoxy) is 3. The van der Waals surface area contributed by atoms with Crippen LogP contribution >= 0.6 is 11.8 Å². The van der Waals surface area contributed by atoms with Crippen molar-refractivity contribution >= 4 is 17.7 Å². The van der Waals surface area contributed by atoms with Gasteiger partial charge in [0.05, 0.1) is 18.8 Å². The van der Waals surface area contributed by atoms with E-state index >= 15 is 0 Å². The maximum atomic E-state index is 13.6. The molecule has 0 saturated heterocycles. The van der Waals surface area contributed by atoms with E-state index in [1.54, 1.807) is 48.2 Å². The van der Waals surface area contributed by atoms with Gasteiger partial charge in [0, 0.05) is 27.8 Å². The fourth-order valence-corrected chi connectivity index (χ4v) is 5.38. The molecule has 1 N–H and O–H groups in total. The van der Waals surface area contributed by atoms with Gasteiger partial charge in [-0.05, 0) is 89.8 Å². The van der Waals surface area contributed by atoms with E-state index in [0.29, 0.717) is 32.0 Å². The predicted molar refractivity (Wildman–Crippen MR) is 172 cm³/mol. The number of hydrogen-bond donors (Lipinski definition) is 1. The normalized spacial score (nSPS) is 10.8. The summed E-state index contributed by atoms with van der Waals surface area (Å²) in [4.78, 5) is 13.0. The Kier molecular flexibility index (Phi) is 10.5. The van der Waals surface area contributed by atoms with Gasteiger partial charge in [0.2, 0.25) is 0 Å². The summed E-state index contributed by atoms with van der Waals surface area (Å²) in [5, 5.41) is 9.06. The molecular weight excluding hydrogens is 575 g/mol. The molecule has 5 nitrogen and oxygen atoms in total. The SMILES string of the molecule is CCc1cc(-c2ccc(F)cc2)c(OCc2ccccc2)cc1OCCCOc1ccc(Sc2ccc(C(=O)O)cc2)cc1. The van der Waals surface area contributed by atoms with Crippen LogP contribution in [0.25, 0.3) is 11.1 Å². The van der Waals surface area contributed by atoms with Crippen LogP contribution in [0, 0.1) is 5.82 Å². The van der Waals surface area contributed by atoms with E-state index in [1.165, 1.54) is 12.1 Å². The van der Waals surface area contributed by atoms with Crippen molar-refractivity contribution in [3.05, 3.63) is 138 Å². The molecule has 0 aliphatic rings. The van der Waals surface area contributed by atoms with Crippen molar-refractivity contribution in [1.29, 1.82) is 0 Å². The molecule has 0 unspecified atom stereocenters. The Balaban J connectivity index is 1.18. The van der Waals surface area contributed by atoms with Crippen LogP contribution in [0.15, 0.2) is 125 Å². The highest BCUT2D eigenvalue weighted by Crippen LogP contribution is 2.37. The molecule has 0 amide bonds. The number of halogens is 1. The summed E-state index contributed by atoms with van der Waals surface area (Å²) in [5.41, 5.74) is 4.14. The summed E-state index contributed by atoms with van der Waals surface area (Å²) in [7, 11) is 0. The van der Waals surface area contributed by atoms with Crippen LogP contribution in [0.3, 0.4) is 0 Å². The van der Waals surface area contributed by atoms with E-state index in [0.717, 1.165) is 50.0 Å². The number of aryl methyl sites for hydroxylation is 1. The van der Waals surface area contributed by atoms with E-state index in [4.69, 9.17) is 19.3 Å². The van der Waals surface area contributed by atoms with Gasteiger partial charge in [0.1, 0.15) is 29.7 Å². The maximum absolute atomic E-state index is 13.6. The quantitative estimate of drug-likeness (QED) is 0.127. The first-order valence-corrected chi connectivity index (χ1v) is 15.3. The van der Waals surface area contributed by atoms with Crippen molar-refractivity contribution in [3.8, 4) is 28.4 Å². The highest BCUT2D eigenvalue weighted by molar-refractivity contribution is 7.99. The largest absolute Gasteiger partial charge is 0.493 e. The number of benzene rings is 5. The van der Waals surface area contributed by atoms with Crippen molar-refractivity contribution in [2.24, 2.45) is 0 Å². The molecule has 0 saturated carbocycles. The van der Waals surface area contributed by atoms with E-state index in [9.17, 15) is 9.18 Å². The van der Waals surface area contributed by atoms with Gasteiger partial charge >= 0.3 is 5.97 Å². The number of carbonyl (C=O) groups is 1. The second-order valence-electron chi connectivity index (χ2n) is 10.0. The van der Waals surface area contributed by atoms with E-state index in [2.05, 4.69) is 13.0 Å². The third kappa shape index (κ3) is 8.42. The molecule has 5 aromatic rings. The zero-order chi connectivity index (χ0) is 30.7. The third-order valence-electron chi connectivity index (χ3n) is 6.91. The highest BCUT2D eigenvalue weighted by atomic mass is 32.2. The molecule has 0 heterocycles. The van der Waals surface area contributed by atoms with Gasteiger partial charge in [-0.15, -0.1) is 0 Å². The second kappa shape index (κ2) is 15.1. The van der Waals surface area contributed by atoms with Crippen LogP contribution in [-0.4, -0.2) is 24.3 Å². The molecule has 0 bridgehead atoms. The molecule has 5 aromatic carbocycles. The highest BCUT2D eigenvalue weighted by Gasteiger charge is 2.14. The van der Waals surface area contributed by atoms with Gasteiger partial charge in [-0.3, -0.25) is 0 Å².